The second-order valence-corrected chi connectivity index (χ2v) is 10.4. The first-order valence-corrected chi connectivity index (χ1v) is 12.9. The fraction of sp³-hybridized carbons (Fsp3) is 0.556. The van der Waals surface area contributed by atoms with Crippen molar-refractivity contribution in [1.29, 1.82) is 0 Å². The Morgan fingerprint density at radius 3 is 2.50 bits per heavy atom. The van der Waals surface area contributed by atoms with Gasteiger partial charge in [-0.2, -0.15) is 4.98 Å². The van der Waals surface area contributed by atoms with Crippen molar-refractivity contribution in [3.05, 3.63) is 36.3 Å². The number of rotatable bonds is 4. The number of carbonyl (C=O) groups excluding carboxylic acids is 1. The molecule has 3 aromatic rings. The lowest BCUT2D eigenvalue weighted by Crippen LogP contribution is -2.52. The molecule has 1 aliphatic carbocycles. The molecule has 0 unspecified atom stereocenters. The van der Waals surface area contributed by atoms with Crippen molar-refractivity contribution in [3.63, 3.8) is 0 Å². The van der Waals surface area contributed by atoms with Gasteiger partial charge in [-0.3, -0.25) is 9.69 Å². The van der Waals surface area contributed by atoms with Gasteiger partial charge in [-0.05, 0) is 44.9 Å². The van der Waals surface area contributed by atoms with E-state index in [9.17, 15) is 4.79 Å². The van der Waals surface area contributed by atoms with Gasteiger partial charge in [0.15, 0.2) is 0 Å². The molecule has 192 valence electrons. The molecule has 3 aliphatic rings. The number of pyridine rings is 1. The first-order chi connectivity index (χ1) is 17.0. The Morgan fingerprint density at radius 1 is 1.03 bits per heavy atom. The van der Waals surface area contributed by atoms with Crippen LogP contribution in [-0.4, -0.2) is 69.1 Å². The zero-order chi connectivity index (χ0) is 24.0. The van der Waals surface area contributed by atoms with Crippen LogP contribution < -0.4 is 15.5 Å². The van der Waals surface area contributed by atoms with Crippen LogP contribution in [0.25, 0.3) is 11.0 Å². The Balaban J connectivity index is 0.00000267. The van der Waals surface area contributed by atoms with Gasteiger partial charge in [-0.25, -0.2) is 9.97 Å². The highest BCUT2D eigenvalue weighted by molar-refractivity contribution is 5.99. The molecule has 1 saturated carbocycles. The van der Waals surface area contributed by atoms with Gasteiger partial charge in [0.2, 0.25) is 5.95 Å². The molecule has 1 saturated heterocycles. The topological polar surface area (TPSA) is 91.2 Å². The summed E-state index contributed by atoms with van der Waals surface area (Å²) in [4.78, 5) is 31.6. The maximum atomic E-state index is 12.7. The highest BCUT2D eigenvalue weighted by Gasteiger charge is 2.41. The molecule has 9 nitrogen and oxygen atoms in total. The lowest BCUT2D eigenvalue weighted by atomic mass is 9.80. The highest BCUT2D eigenvalue weighted by Crippen LogP contribution is 2.40. The lowest BCUT2D eigenvalue weighted by Gasteiger charge is -2.42. The Labute approximate surface area is 213 Å². The lowest BCUT2D eigenvalue weighted by molar-refractivity contribution is 0.0833. The molecule has 2 aliphatic heterocycles. The third-order valence-corrected chi connectivity index (χ3v) is 8.01. The van der Waals surface area contributed by atoms with Crippen LogP contribution in [0.3, 0.4) is 0 Å². The van der Waals surface area contributed by atoms with Crippen molar-refractivity contribution >= 4 is 34.4 Å². The van der Waals surface area contributed by atoms with E-state index in [1.807, 2.05) is 24.5 Å². The Hall–Kier alpha value is -3.20. The van der Waals surface area contributed by atoms with E-state index in [-0.39, 0.29) is 18.9 Å². The zero-order valence-electron chi connectivity index (χ0n) is 20.6. The minimum absolute atomic E-state index is 0. The summed E-state index contributed by atoms with van der Waals surface area (Å²) in [5.41, 5.74) is 2.57. The molecule has 0 atom stereocenters. The van der Waals surface area contributed by atoms with Gasteiger partial charge in [-0.15, -0.1) is 0 Å². The minimum atomic E-state index is -0.0889. The molecule has 3 aromatic heterocycles. The van der Waals surface area contributed by atoms with Gasteiger partial charge < -0.3 is 20.1 Å². The maximum Gasteiger partial charge on any atom is 0.268 e. The van der Waals surface area contributed by atoms with Crippen LogP contribution in [0.2, 0.25) is 0 Å². The summed E-state index contributed by atoms with van der Waals surface area (Å²) in [6.45, 7) is 9.36. The molecule has 0 bridgehead atoms. The third kappa shape index (κ3) is 4.30. The van der Waals surface area contributed by atoms with E-state index in [0.29, 0.717) is 30.0 Å². The number of nitrogens with one attached hydrogen (secondary N) is 2. The number of hydrogen-bond acceptors (Lipinski definition) is 7. The predicted molar refractivity (Wildman–Crippen MR) is 144 cm³/mol. The number of nitrogens with zero attached hydrogens (tertiary/aromatic N) is 6. The first kappa shape index (κ1) is 24.5. The van der Waals surface area contributed by atoms with Crippen LogP contribution in [0.1, 0.15) is 63.9 Å². The number of hydrogen-bond donors (Lipinski definition) is 2. The van der Waals surface area contributed by atoms with Gasteiger partial charge in [0, 0.05) is 50.3 Å². The Bertz CT molecular complexity index is 1220. The summed E-state index contributed by atoms with van der Waals surface area (Å²) in [7, 11) is 0. The van der Waals surface area contributed by atoms with E-state index in [2.05, 4.69) is 54.9 Å². The molecular formula is C27H38N8O. The molecule has 1 spiro atoms. The fourth-order valence-electron chi connectivity index (χ4n) is 5.98. The zero-order valence-corrected chi connectivity index (χ0v) is 20.6. The maximum absolute atomic E-state index is 12.7. The van der Waals surface area contributed by atoms with Crippen molar-refractivity contribution < 1.29 is 4.79 Å². The summed E-state index contributed by atoms with van der Waals surface area (Å²) >= 11 is 0. The molecule has 0 aromatic carbocycles. The van der Waals surface area contributed by atoms with Crippen molar-refractivity contribution in [2.45, 2.75) is 65.0 Å². The van der Waals surface area contributed by atoms with Crippen LogP contribution in [0.5, 0.6) is 0 Å². The van der Waals surface area contributed by atoms with Crippen LogP contribution in [0.15, 0.2) is 30.6 Å². The summed E-state index contributed by atoms with van der Waals surface area (Å²) in [6, 6.07) is 6.62. The monoisotopic (exact) mass is 490 g/mol. The molecule has 36 heavy (non-hydrogen) atoms. The second-order valence-electron chi connectivity index (χ2n) is 10.4. The van der Waals surface area contributed by atoms with Crippen molar-refractivity contribution in [2.24, 2.45) is 0 Å². The first-order valence-electron chi connectivity index (χ1n) is 12.9. The van der Waals surface area contributed by atoms with Crippen LogP contribution in [0, 0.1) is 0 Å². The Morgan fingerprint density at radius 2 is 1.81 bits per heavy atom. The van der Waals surface area contributed by atoms with E-state index in [1.54, 1.807) is 0 Å². The summed E-state index contributed by atoms with van der Waals surface area (Å²) in [6.07, 6.45) is 9.45. The minimum Gasteiger partial charge on any atom is -0.368 e. The summed E-state index contributed by atoms with van der Waals surface area (Å²) in [5.74, 6) is 1.19. The van der Waals surface area contributed by atoms with Gasteiger partial charge in [0.05, 0.1) is 17.4 Å². The van der Waals surface area contributed by atoms with Crippen LogP contribution >= 0.6 is 0 Å². The van der Waals surface area contributed by atoms with Crippen LogP contribution in [-0.2, 0) is 5.54 Å². The van der Waals surface area contributed by atoms with E-state index >= 15 is 0 Å². The van der Waals surface area contributed by atoms with Gasteiger partial charge in [0.1, 0.15) is 17.2 Å². The molecule has 2 N–H and O–H groups in total. The number of anilines is 3. The molecular weight excluding hydrogens is 452 g/mol. The van der Waals surface area contributed by atoms with Gasteiger partial charge in [-0.1, -0.05) is 26.7 Å². The van der Waals surface area contributed by atoms with Crippen LogP contribution in [0.4, 0.5) is 17.5 Å². The quantitative estimate of drug-likeness (QED) is 0.568. The normalized spacial score (nSPS) is 19.8. The molecule has 6 rings (SSSR count). The van der Waals surface area contributed by atoms with Crippen molar-refractivity contribution in [1.82, 2.24) is 29.7 Å². The standard InChI is InChI=1S/C26H34N8O.CH4/c1-18(2)32-10-12-33(13-11-32)20-6-7-22(27-16-20)30-25-28-15-19-14-21-24(35)29-17-26(8-4-3-5-9-26)34(21)23(19)31-25;/h6-7,14-16,18H,3-5,8-13,17H2,1-2H3,(H,29,35)(H,27,28,30,31);1H4. The van der Waals surface area contributed by atoms with E-state index < -0.39 is 0 Å². The molecule has 0 radical (unpaired) electrons. The third-order valence-electron chi connectivity index (χ3n) is 8.01. The predicted octanol–water partition coefficient (Wildman–Crippen LogP) is 4.14. The average Bonchev–Trinajstić information content (AvgIpc) is 3.28. The van der Waals surface area contributed by atoms with Gasteiger partial charge >= 0.3 is 0 Å². The molecule has 9 heteroatoms. The average molecular weight is 491 g/mol. The van der Waals surface area contributed by atoms with E-state index in [1.165, 1.54) is 19.3 Å². The smallest absolute Gasteiger partial charge is 0.268 e. The van der Waals surface area contributed by atoms with Crippen molar-refractivity contribution in [2.75, 3.05) is 42.9 Å². The molecule has 1 amide bonds. The number of amides is 1. The number of fused-ring (bicyclic) bond motifs is 4. The second kappa shape index (κ2) is 9.69. The molecule has 5 heterocycles. The molecule has 2 fully saturated rings. The number of piperazine rings is 1. The summed E-state index contributed by atoms with van der Waals surface area (Å²) < 4.78 is 2.19. The number of carbonyl (C=O) groups is 1. The number of aromatic nitrogens is 4. The van der Waals surface area contributed by atoms with Gasteiger partial charge in [0.25, 0.3) is 5.91 Å². The fourth-order valence-corrected chi connectivity index (χ4v) is 5.98. The van der Waals surface area contributed by atoms with E-state index in [4.69, 9.17) is 4.98 Å². The SMILES string of the molecule is C.CC(C)N1CCN(c2ccc(Nc3ncc4cc5n(c4n3)C3(CCCCC3)CNC5=O)nc2)CC1. The summed E-state index contributed by atoms with van der Waals surface area (Å²) in [5, 5.41) is 7.29. The van der Waals surface area contributed by atoms with E-state index in [0.717, 1.165) is 55.7 Å². The Kier molecular flexibility index (Phi) is 6.59. The largest absolute Gasteiger partial charge is 0.368 e. The van der Waals surface area contributed by atoms with Crippen molar-refractivity contribution in [3.8, 4) is 0 Å². The highest BCUT2D eigenvalue weighted by atomic mass is 16.2.